The lowest BCUT2D eigenvalue weighted by atomic mass is 10.2. The summed E-state index contributed by atoms with van der Waals surface area (Å²) in [7, 11) is 0. The number of hydrogen-bond donors (Lipinski definition) is 2. The Kier molecular flexibility index (Phi) is 1.43. The van der Waals surface area contributed by atoms with Gasteiger partial charge in [-0.2, -0.15) is 0 Å². The molecule has 1 aliphatic heterocycles. The lowest BCUT2D eigenvalue weighted by molar-refractivity contribution is 0.0961. The summed E-state index contributed by atoms with van der Waals surface area (Å²) in [6.45, 7) is 4.69. The maximum absolute atomic E-state index is 11.1. The number of carbonyl (C=O) groups is 1. The molecule has 1 amide bonds. The zero-order valence-electron chi connectivity index (χ0n) is 7.14. The minimum atomic E-state index is -0.0619. The molecule has 0 bridgehead atoms. The zero-order chi connectivity index (χ0) is 8.72. The number of fused-ring (bicyclic) bond motifs is 1. The van der Waals surface area contributed by atoms with E-state index in [0.717, 1.165) is 11.5 Å². The molecular formula is C8H11N3O. The SMILES string of the molecule is CC(C)c1nc2c([nH]1)CNC2=O. The maximum atomic E-state index is 11.1. The van der Waals surface area contributed by atoms with Crippen molar-refractivity contribution in [2.75, 3.05) is 0 Å². The number of imidazole rings is 1. The minimum Gasteiger partial charge on any atom is -0.345 e. The highest BCUT2D eigenvalue weighted by molar-refractivity contribution is 5.95. The van der Waals surface area contributed by atoms with Crippen LogP contribution in [0.5, 0.6) is 0 Å². The van der Waals surface area contributed by atoms with E-state index in [4.69, 9.17) is 0 Å². The van der Waals surface area contributed by atoms with E-state index in [9.17, 15) is 4.79 Å². The molecule has 1 aliphatic rings. The van der Waals surface area contributed by atoms with Crippen LogP contribution >= 0.6 is 0 Å². The van der Waals surface area contributed by atoms with Crippen molar-refractivity contribution < 1.29 is 4.79 Å². The predicted octanol–water partition coefficient (Wildman–Crippen LogP) is 0.776. The molecule has 0 unspecified atom stereocenters. The van der Waals surface area contributed by atoms with Crippen molar-refractivity contribution in [1.82, 2.24) is 15.3 Å². The van der Waals surface area contributed by atoms with Crippen molar-refractivity contribution in [3.63, 3.8) is 0 Å². The number of aromatic nitrogens is 2. The fraction of sp³-hybridized carbons (Fsp3) is 0.500. The van der Waals surface area contributed by atoms with Crippen LogP contribution < -0.4 is 5.32 Å². The molecule has 0 atom stereocenters. The van der Waals surface area contributed by atoms with E-state index in [2.05, 4.69) is 15.3 Å². The van der Waals surface area contributed by atoms with Gasteiger partial charge in [0, 0.05) is 5.92 Å². The quantitative estimate of drug-likeness (QED) is 0.646. The van der Waals surface area contributed by atoms with Crippen LogP contribution in [0.3, 0.4) is 0 Å². The average molecular weight is 165 g/mol. The first-order valence-electron chi connectivity index (χ1n) is 4.05. The molecule has 0 spiro atoms. The molecule has 0 saturated heterocycles. The fourth-order valence-corrected chi connectivity index (χ4v) is 1.27. The summed E-state index contributed by atoms with van der Waals surface area (Å²) in [5.41, 5.74) is 1.49. The summed E-state index contributed by atoms with van der Waals surface area (Å²) in [6, 6.07) is 0. The number of nitrogens with zero attached hydrogens (tertiary/aromatic N) is 1. The van der Waals surface area contributed by atoms with E-state index in [-0.39, 0.29) is 5.91 Å². The molecule has 64 valence electrons. The van der Waals surface area contributed by atoms with Gasteiger partial charge in [0.1, 0.15) is 5.82 Å². The summed E-state index contributed by atoms with van der Waals surface area (Å²) in [4.78, 5) is 18.4. The Bertz CT molecular complexity index is 327. The normalized spacial score (nSPS) is 15.1. The Morgan fingerprint density at radius 1 is 1.50 bits per heavy atom. The monoisotopic (exact) mass is 165 g/mol. The second kappa shape index (κ2) is 2.33. The molecule has 1 aromatic heterocycles. The van der Waals surface area contributed by atoms with Crippen molar-refractivity contribution in [3.8, 4) is 0 Å². The standard InChI is InChI=1S/C8H11N3O/c1-4(2)7-10-5-3-9-8(12)6(5)11-7/h4H,3H2,1-2H3,(H,9,12)(H,10,11). The van der Waals surface area contributed by atoms with Gasteiger partial charge in [0.15, 0.2) is 5.69 Å². The van der Waals surface area contributed by atoms with Gasteiger partial charge in [-0.1, -0.05) is 13.8 Å². The van der Waals surface area contributed by atoms with Crippen molar-refractivity contribution in [1.29, 1.82) is 0 Å². The zero-order valence-corrected chi connectivity index (χ0v) is 7.14. The van der Waals surface area contributed by atoms with E-state index in [1.807, 2.05) is 13.8 Å². The predicted molar refractivity (Wildman–Crippen MR) is 43.8 cm³/mol. The van der Waals surface area contributed by atoms with Crippen molar-refractivity contribution in [2.24, 2.45) is 0 Å². The van der Waals surface area contributed by atoms with Crippen LogP contribution in [-0.4, -0.2) is 15.9 Å². The van der Waals surface area contributed by atoms with Crippen LogP contribution in [0.4, 0.5) is 0 Å². The summed E-state index contributed by atoms with van der Waals surface area (Å²) >= 11 is 0. The first-order chi connectivity index (χ1) is 5.68. The Balaban J connectivity index is 2.43. The second-order valence-corrected chi connectivity index (χ2v) is 3.29. The number of carbonyl (C=O) groups excluding carboxylic acids is 1. The lowest BCUT2D eigenvalue weighted by Crippen LogP contribution is -2.14. The topological polar surface area (TPSA) is 57.8 Å². The number of rotatable bonds is 1. The first-order valence-corrected chi connectivity index (χ1v) is 4.05. The van der Waals surface area contributed by atoms with E-state index in [1.165, 1.54) is 0 Å². The number of amides is 1. The summed E-state index contributed by atoms with van der Waals surface area (Å²) in [5, 5.41) is 2.70. The molecule has 0 aliphatic carbocycles. The van der Waals surface area contributed by atoms with Crippen LogP contribution in [0, 0.1) is 0 Å². The van der Waals surface area contributed by atoms with E-state index in [1.54, 1.807) is 0 Å². The molecule has 1 aromatic rings. The highest BCUT2D eigenvalue weighted by Gasteiger charge is 2.23. The van der Waals surface area contributed by atoms with Crippen LogP contribution in [0.2, 0.25) is 0 Å². The van der Waals surface area contributed by atoms with E-state index < -0.39 is 0 Å². The van der Waals surface area contributed by atoms with Gasteiger partial charge in [0.2, 0.25) is 0 Å². The highest BCUT2D eigenvalue weighted by atomic mass is 16.2. The van der Waals surface area contributed by atoms with Crippen LogP contribution in [0.1, 0.15) is 41.8 Å². The van der Waals surface area contributed by atoms with Gasteiger partial charge in [-0.05, 0) is 0 Å². The molecule has 0 fully saturated rings. The van der Waals surface area contributed by atoms with Crippen molar-refractivity contribution in [3.05, 3.63) is 17.2 Å². The van der Waals surface area contributed by atoms with Crippen molar-refractivity contribution in [2.45, 2.75) is 26.3 Å². The van der Waals surface area contributed by atoms with Crippen LogP contribution in [0.25, 0.3) is 0 Å². The number of aromatic amines is 1. The van der Waals surface area contributed by atoms with Crippen LogP contribution in [-0.2, 0) is 6.54 Å². The Morgan fingerprint density at radius 2 is 2.25 bits per heavy atom. The third-order valence-corrected chi connectivity index (χ3v) is 1.98. The summed E-state index contributed by atoms with van der Waals surface area (Å²) < 4.78 is 0. The molecule has 4 heteroatoms. The molecule has 0 saturated carbocycles. The summed E-state index contributed by atoms with van der Waals surface area (Å²) in [5.74, 6) is 1.19. The third-order valence-electron chi connectivity index (χ3n) is 1.98. The molecular weight excluding hydrogens is 154 g/mol. The Hall–Kier alpha value is -1.32. The van der Waals surface area contributed by atoms with E-state index >= 15 is 0 Å². The van der Waals surface area contributed by atoms with Gasteiger partial charge in [-0.15, -0.1) is 0 Å². The Labute approximate surface area is 70.4 Å². The van der Waals surface area contributed by atoms with Gasteiger partial charge < -0.3 is 10.3 Å². The van der Waals surface area contributed by atoms with Crippen molar-refractivity contribution >= 4 is 5.91 Å². The average Bonchev–Trinajstić information content (AvgIpc) is 2.53. The Morgan fingerprint density at radius 3 is 2.83 bits per heavy atom. The second-order valence-electron chi connectivity index (χ2n) is 3.29. The van der Waals surface area contributed by atoms with Gasteiger partial charge in [-0.3, -0.25) is 4.79 Å². The minimum absolute atomic E-state index is 0.0619. The smallest absolute Gasteiger partial charge is 0.272 e. The first kappa shape index (κ1) is 7.34. The molecule has 12 heavy (non-hydrogen) atoms. The van der Waals surface area contributed by atoms with E-state index in [0.29, 0.717) is 18.2 Å². The lowest BCUT2D eigenvalue weighted by Gasteiger charge is -1.98. The van der Waals surface area contributed by atoms with Gasteiger partial charge >= 0.3 is 0 Å². The molecule has 0 aromatic carbocycles. The highest BCUT2D eigenvalue weighted by Crippen LogP contribution is 2.17. The molecule has 4 nitrogen and oxygen atoms in total. The van der Waals surface area contributed by atoms with Gasteiger partial charge in [0.05, 0.1) is 12.2 Å². The van der Waals surface area contributed by atoms with Gasteiger partial charge in [-0.25, -0.2) is 4.98 Å². The number of H-pyrrole nitrogens is 1. The van der Waals surface area contributed by atoms with Crippen LogP contribution in [0.15, 0.2) is 0 Å². The summed E-state index contributed by atoms with van der Waals surface area (Å²) in [6.07, 6.45) is 0. The molecule has 2 N–H and O–H groups in total. The largest absolute Gasteiger partial charge is 0.345 e. The number of hydrogen-bond acceptors (Lipinski definition) is 2. The third kappa shape index (κ3) is 0.913. The maximum Gasteiger partial charge on any atom is 0.272 e. The van der Waals surface area contributed by atoms with Gasteiger partial charge in [0.25, 0.3) is 5.91 Å². The fourth-order valence-electron chi connectivity index (χ4n) is 1.27. The molecule has 2 rings (SSSR count). The number of nitrogens with one attached hydrogen (secondary N) is 2. The molecule has 0 radical (unpaired) electrons. The molecule has 2 heterocycles.